The van der Waals surface area contributed by atoms with Gasteiger partial charge in [-0.05, 0) is 6.07 Å². The van der Waals surface area contributed by atoms with E-state index in [0.717, 1.165) is 10.9 Å². The summed E-state index contributed by atoms with van der Waals surface area (Å²) in [4.78, 5) is 65.6. The molecule has 0 bridgehead atoms. The van der Waals surface area contributed by atoms with Crippen LogP contribution in [0.15, 0.2) is 49.6 Å². The summed E-state index contributed by atoms with van der Waals surface area (Å²) < 4.78 is 70.0. The molecule has 2 saturated heterocycles. The van der Waals surface area contributed by atoms with E-state index in [0.29, 0.717) is 5.65 Å². The van der Waals surface area contributed by atoms with Crippen LogP contribution in [0, 0.1) is 0 Å². The van der Waals surface area contributed by atoms with Gasteiger partial charge in [0.05, 0.1) is 19.5 Å². The van der Waals surface area contributed by atoms with Crippen molar-refractivity contribution in [1.29, 1.82) is 0 Å². The Morgan fingerprint density at radius 2 is 1.69 bits per heavy atom. The van der Waals surface area contributed by atoms with Crippen LogP contribution < -0.4 is 15.2 Å². The van der Waals surface area contributed by atoms with Crippen LogP contribution in [-0.4, -0.2) is 139 Å². The summed E-state index contributed by atoms with van der Waals surface area (Å²) in [6, 6.07) is 2.78. The summed E-state index contributed by atoms with van der Waals surface area (Å²) in [6.45, 7) is -2.10. The second-order valence-electron chi connectivity index (χ2n) is 10.9. The van der Waals surface area contributed by atoms with Gasteiger partial charge in [-0.15, -0.1) is 0 Å². The number of pyridine rings is 1. The Balaban J connectivity index is 0.00000504. The molecule has 1 amide bonds. The summed E-state index contributed by atoms with van der Waals surface area (Å²) in [5.41, 5.74) is 5.97. The van der Waals surface area contributed by atoms with Gasteiger partial charge in [0.2, 0.25) is 0 Å². The van der Waals surface area contributed by atoms with Crippen molar-refractivity contribution < 1.29 is 85.3 Å². The van der Waals surface area contributed by atoms with Crippen molar-refractivity contribution in [1.82, 2.24) is 23.9 Å². The molecule has 4 aromatic rings. The number of primary amides is 1. The molecule has 0 saturated carbocycles. The molecule has 10 atom stereocenters. The molecule has 8 N–H and O–H groups in total. The van der Waals surface area contributed by atoms with E-state index in [1.165, 1.54) is 46.0 Å². The van der Waals surface area contributed by atoms with Gasteiger partial charge in [-0.25, -0.2) is 28.4 Å². The number of aliphatic hydroxyl groups is 3. The Hall–Kier alpha value is -2.12. The van der Waals surface area contributed by atoms with E-state index in [2.05, 4.69) is 23.8 Å². The number of imidazole rings is 2. The van der Waals surface area contributed by atoms with Crippen LogP contribution in [0.2, 0.25) is 0 Å². The fourth-order valence-corrected chi connectivity index (χ4v) is 7.90. The summed E-state index contributed by atoms with van der Waals surface area (Å²) in [5, 5.41) is 31.6. The first kappa shape index (κ1) is 40.1. The van der Waals surface area contributed by atoms with Crippen LogP contribution in [-0.2, 0) is 41.1 Å². The number of amides is 1. The Morgan fingerprint density at radius 3 is 2.39 bits per heavy atom. The molecule has 1 radical (unpaired) electrons. The third-order valence-corrected chi connectivity index (χ3v) is 10.6. The van der Waals surface area contributed by atoms with Crippen molar-refractivity contribution >= 4 is 75.7 Å². The van der Waals surface area contributed by atoms with Gasteiger partial charge in [-0.1, -0.05) is 0 Å². The maximum Gasteiger partial charge on any atom is 0.478 e. The van der Waals surface area contributed by atoms with E-state index >= 15 is 0 Å². The molecule has 4 aromatic heterocycles. The molecule has 6 heterocycles. The minimum atomic E-state index is -5.72. The molecule has 0 aromatic carbocycles. The number of carbonyl (C=O) groups is 1. The normalized spacial score (nSPS) is 29.2. The van der Waals surface area contributed by atoms with Gasteiger partial charge in [0.1, 0.15) is 42.4 Å². The van der Waals surface area contributed by atoms with Crippen molar-refractivity contribution in [3.63, 3.8) is 0 Å². The van der Waals surface area contributed by atoms with Gasteiger partial charge < -0.3 is 54.6 Å². The Morgan fingerprint density at radius 1 is 0.980 bits per heavy atom. The van der Waals surface area contributed by atoms with E-state index in [-0.39, 0.29) is 46.3 Å². The topological polar surface area (TPSA) is 346 Å². The number of ether oxygens (including phenoxy) is 2. The van der Waals surface area contributed by atoms with Crippen LogP contribution in [0.1, 0.15) is 22.8 Å². The molecule has 2 fully saturated rings. The number of carbonyl (C=O) groups excluding carboxylic acids is 1. The van der Waals surface area contributed by atoms with Crippen LogP contribution in [0.25, 0.3) is 16.8 Å². The first-order valence-corrected chi connectivity index (χ1v) is 18.6. The van der Waals surface area contributed by atoms with E-state index in [9.17, 15) is 53.4 Å². The summed E-state index contributed by atoms with van der Waals surface area (Å²) >= 11 is 0. The molecule has 2 aliphatic rings. The van der Waals surface area contributed by atoms with E-state index in [1.807, 2.05) is 0 Å². The van der Waals surface area contributed by atoms with Crippen LogP contribution in [0.4, 0.5) is 0 Å². The molecule has 0 spiro atoms. The number of hydrogen-bond donors (Lipinski definition) is 7. The number of phosphoric ester groups is 3. The van der Waals surface area contributed by atoms with Crippen molar-refractivity contribution in [3.8, 4) is 0 Å². The number of phosphoric acid groups is 3. The van der Waals surface area contributed by atoms with Crippen LogP contribution in [0.5, 0.6) is 0 Å². The monoisotopic (exact) mass is 790 g/mol. The number of hydrogen-bond acceptors (Lipinski definition) is 17. The molecule has 2 unspecified atom stereocenters. The average molecular weight is 790 g/mol. The van der Waals surface area contributed by atoms with E-state index in [4.69, 9.17) is 24.3 Å². The predicted octanol–water partition coefficient (Wildman–Crippen LogP) is -3.24. The Kier molecular flexibility index (Phi) is 12.0. The largest absolute Gasteiger partial charge is 0.756 e. The summed E-state index contributed by atoms with van der Waals surface area (Å²) in [7, 11) is -16.6. The standard InChI is InChI=1S/C23H28N7O17P3.Na/c24-19(34)11-2-1-4-28(6-11)22-17(33)15(31)12(44-22)7-42-49(38,39)47-50(40,41)43-8-13-16(32)18(46-48(35,36)37)23(45-13)30-10-26-14-20-25-3-5-29(20)9-27-21(14)30;/h1-6,9-10,12-13,15-18,22-23,31-33H,7-8H2,(H5-,24,34,35,36,37,38,39,40,41);/t12-,13-,15-,16-,17-,18-,22-,23-;/m1./s1. The SMILES string of the molecule is NC(=O)c1ccc[n+]([C@@H]2O[C@H](COP(=O)([O-])OP(=O)(O)OC[C@H]3O[C@@H](n4cnc5c4ncn4ccnc54)[C@H](OP(=O)(O)O)[C@@H]3O)[C@@H](O)[C@H]2O)c1.[Na]. The summed E-state index contributed by atoms with van der Waals surface area (Å²) in [6.07, 6.45) is -5.04. The maximum atomic E-state index is 12.6. The number of nitrogens with zero attached hydrogens (tertiary/aromatic N) is 6. The number of aliphatic hydroxyl groups excluding tert-OH is 3. The molecule has 24 nitrogen and oxygen atoms in total. The van der Waals surface area contributed by atoms with Gasteiger partial charge >= 0.3 is 15.6 Å². The zero-order valence-electron chi connectivity index (χ0n) is 25.9. The number of nitrogens with two attached hydrogens (primary N) is 1. The maximum absolute atomic E-state index is 12.6. The first-order valence-electron chi connectivity index (χ1n) is 14.1. The smallest absolute Gasteiger partial charge is 0.478 e. The molecule has 51 heavy (non-hydrogen) atoms. The molecule has 273 valence electrons. The van der Waals surface area contributed by atoms with E-state index in [1.54, 1.807) is 6.20 Å². The van der Waals surface area contributed by atoms with Crippen molar-refractivity contribution in [3.05, 3.63) is 55.1 Å². The molecular formula is C23H28N7NaO17P3. The van der Waals surface area contributed by atoms with Gasteiger partial charge in [-0.3, -0.25) is 27.4 Å². The minimum Gasteiger partial charge on any atom is -0.756 e. The molecule has 0 aliphatic carbocycles. The molecular weight excluding hydrogens is 762 g/mol. The van der Waals surface area contributed by atoms with Gasteiger partial charge in [0.25, 0.3) is 20.0 Å². The van der Waals surface area contributed by atoms with E-state index < -0.39 is 91.7 Å². The summed E-state index contributed by atoms with van der Waals surface area (Å²) in [5.74, 6) is -0.795. The van der Waals surface area contributed by atoms with Crippen molar-refractivity contribution in [2.24, 2.45) is 5.73 Å². The van der Waals surface area contributed by atoms with Crippen LogP contribution >= 0.6 is 23.5 Å². The van der Waals surface area contributed by atoms with Gasteiger partial charge in [-0.2, -0.15) is 4.57 Å². The zero-order chi connectivity index (χ0) is 36.2. The van der Waals surface area contributed by atoms with Crippen molar-refractivity contribution in [2.45, 2.75) is 49.1 Å². The molecule has 2 aliphatic heterocycles. The predicted molar refractivity (Wildman–Crippen MR) is 160 cm³/mol. The minimum absolute atomic E-state index is 0. The fraction of sp³-hybridized carbons (Fsp3) is 0.435. The third-order valence-electron chi connectivity index (χ3n) is 7.54. The first-order chi connectivity index (χ1) is 23.4. The van der Waals surface area contributed by atoms with Crippen LogP contribution in [0.3, 0.4) is 0 Å². The number of aromatic nitrogens is 6. The fourth-order valence-electron chi connectivity index (χ4n) is 5.30. The Labute approximate surface area is 307 Å². The number of fused-ring (bicyclic) bond motifs is 3. The quantitative estimate of drug-likeness (QED) is 0.0397. The molecule has 6 rings (SSSR count). The van der Waals surface area contributed by atoms with Gasteiger partial charge in [0, 0.05) is 48.0 Å². The second-order valence-corrected chi connectivity index (χ2v) is 15.1. The zero-order valence-corrected chi connectivity index (χ0v) is 30.6. The number of rotatable bonds is 13. The Bertz CT molecular complexity index is 2050. The molecule has 28 heteroatoms. The second kappa shape index (κ2) is 15.3. The van der Waals surface area contributed by atoms with Gasteiger partial charge in [0.15, 0.2) is 41.5 Å². The average Bonchev–Trinajstić information content (AvgIpc) is 3.80. The third kappa shape index (κ3) is 8.82. The van der Waals surface area contributed by atoms with Crippen molar-refractivity contribution in [2.75, 3.05) is 13.2 Å².